The Balaban J connectivity index is 2.08. The van der Waals surface area contributed by atoms with Crippen molar-refractivity contribution in [2.24, 2.45) is 0 Å². The number of carbonyl (C=O) groups excluding carboxylic acids is 2. The normalized spacial score (nSPS) is 13.3. The molecule has 96 valence electrons. The Morgan fingerprint density at radius 1 is 1.44 bits per heavy atom. The second kappa shape index (κ2) is 5.50. The van der Waals surface area contributed by atoms with Gasteiger partial charge in [0.15, 0.2) is 6.61 Å². The van der Waals surface area contributed by atoms with Gasteiger partial charge in [0.1, 0.15) is 5.75 Å². The minimum Gasteiger partial charge on any atom is -0.482 e. The highest BCUT2D eigenvalue weighted by Gasteiger charge is 2.17. The predicted molar refractivity (Wildman–Crippen MR) is 66.8 cm³/mol. The van der Waals surface area contributed by atoms with Crippen molar-refractivity contribution in [1.29, 1.82) is 0 Å². The van der Waals surface area contributed by atoms with Crippen molar-refractivity contribution in [2.45, 2.75) is 0 Å². The lowest BCUT2D eigenvalue weighted by Gasteiger charge is -2.18. The van der Waals surface area contributed by atoms with Crippen LogP contribution in [0.5, 0.6) is 5.75 Å². The van der Waals surface area contributed by atoms with Crippen LogP contribution in [0.4, 0.5) is 5.69 Å². The Labute approximate surface area is 105 Å². The van der Waals surface area contributed by atoms with Crippen molar-refractivity contribution in [3.05, 3.63) is 23.8 Å². The van der Waals surface area contributed by atoms with Crippen molar-refractivity contribution >= 4 is 17.5 Å². The maximum atomic E-state index is 11.8. The van der Waals surface area contributed by atoms with Gasteiger partial charge < -0.3 is 20.7 Å². The van der Waals surface area contributed by atoms with Gasteiger partial charge in [-0.25, -0.2) is 0 Å². The van der Waals surface area contributed by atoms with Crippen LogP contribution in [0.15, 0.2) is 18.2 Å². The number of amides is 2. The van der Waals surface area contributed by atoms with Crippen LogP contribution in [-0.4, -0.2) is 38.6 Å². The number of carbonyl (C=O) groups is 2. The largest absolute Gasteiger partial charge is 0.482 e. The second-order valence-corrected chi connectivity index (χ2v) is 3.91. The van der Waals surface area contributed by atoms with Crippen LogP contribution in [0.3, 0.4) is 0 Å². The number of benzene rings is 1. The Morgan fingerprint density at radius 2 is 2.28 bits per heavy atom. The Morgan fingerprint density at radius 3 is 3.06 bits per heavy atom. The molecule has 0 atom stereocenters. The molecule has 0 aromatic heterocycles. The van der Waals surface area contributed by atoms with Crippen LogP contribution in [0.2, 0.25) is 0 Å². The first-order valence-corrected chi connectivity index (χ1v) is 5.70. The average molecular weight is 249 g/mol. The summed E-state index contributed by atoms with van der Waals surface area (Å²) in [7, 11) is 1.82. The molecule has 1 heterocycles. The lowest BCUT2D eigenvalue weighted by atomic mass is 10.1. The third-order valence-electron chi connectivity index (χ3n) is 2.54. The van der Waals surface area contributed by atoms with E-state index in [0.717, 1.165) is 0 Å². The molecular weight excluding hydrogens is 234 g/mol. The molecule has 3 N–H and O–H groups in total. The molecular formula is C12H15N3O3. The number of rotatable bonds is 4. The van der Waals surface area contributed by atoms with E-state index in [-0.39, 0.29) is 18.4 Å². The molecule has 1 aromatic rings. The molecule has 0 radical (unpaired) electrons. The number of likely N-dealkylation sites (N-methyl/N-ethyl adjacent to an activating group) is 1. The number of hydrogen-bond acceptors (Lipinski definition) is 4. The molecule has 0 spiro atoms. The van der Waals surface area contributed by atoms with E-state index >= 15 is 0 Å². The lowest BCUT2D eigenvalue weighted by molar-refractivity contribution is -0.118. The van der Waals surface area contributed by atoms with Gasteiger partial charge in [-0.15, -0.1) is 0 Å². The molecule has 0 saturated carbocycles. The highest BCUT2D eigenvalue weighted by Crippen LogP contribution is 2.28. The lowest BCUT2D eigenvalue weighted by Crippen LogP contribution is -2.31. The first-order valence-electron chi connectivity index (χ1n) is 5.70. The Kier molecular flexibility index (Phi) is 3.78. The molecule has 6 heteroatoms. The molecule has 1 aliphatic rings. The Hall–Kier alpha value is -2.08. The fourth-order valence-corrected chi connectivity index (χ4v) is 1.63. The molecule has 0 saturated heterocycles. The average Bonchev–Trinajstić information content (AvgIpc) is 2.38. The highest BCUT2D eigenvalue weighted by atomic mass is 16.5. The summed E-state index contributed by atoms with van der Waals surface area (Å²) in [4.78, 5) is 23.0. The van der Waals surface area contributed by atoms with Gasteiger partial charge in [-0.05, 0) is 25.2 Å². The molecule has 2 amide bonds. The molecule has 0 unspecified atom stereocenters. The highest BCUT2D eigenvalue weighted by molar-refractivity contribution is 5.99. The maximum absolute atomic E-state index is 11.8. The van der Waals surface area contributed by atoms with Crippen molar-refractivity contribution in [3.63, 3.8) is 0 Å². The number of nitrogens with one attached hydrogen (secondary N) is 3. The molecule has 6 nitrogen and oxygen atoms in total. The monoisotopic (exact) mass is 249 g/mol. The number of fused-ring (bicyclic) bond motifs is 1. The minimum atomic E-state index is -0.213. The topological polar surface area (TPSA) is 79.5 Å². The third-order valence-corrected chi connectivity index (χ3v) is 2.54. The summed E-state index contributed by atoms with van der Waals surface area (Å²) in [5.41, 5.74) is 1.03. The zero-order valence-electron chi connectivity index (χ0n) is 10.1. The molecule has 0 bridgehead atoms. The quantitative estimate of drug-likeness (QED) is 0.655. The van der Waals surface area contributed by atoms with E-state index in [4.69, 9.17) is 4.74 Å². The Bertz CT molecular complexity index is 474. The van der Waals surface area contributed by atoms with E-state index < -0.39 is 0 Å². The van der Waals surface area contributed by atoms with Crippen LogP contribution in [0.25, 0.3) is 0 Å². The number of hydrogen-bond donors (Lipinski definition) is 3. The molecule has 1 aromatic carbocycles. The van der Waals surface area contributed by atoms with Gasteiger partial charge in [0, 0.05) is 18.7 Å². The van der Waals surface area contributed by atoms with Crippen LogP contribution >= 0.6 is 0 Å². The van der Waals surface area contributed by atoms with E-state index in [0.29, 0.717) is 30.1 Å². The first-order chi connectivity index (χ1) is 8.70. The molecule has 18 heavy (non-hydrogen) atoms. The van der Waals surface area contributed by atoms with Crippen molar-refractivity contribution in [2.75, 3.05) is 32.1 Å². The van der Waals surface area contributed by atoms with Gasteiger partial charge in [-0.3, -0.25) is 9.59 Å². The second-order valence-electron chi connectivity index (χ2n) is 3.91. The summed E-state index contributed by atoms with van der Waals surface area (Å²) in [6.07, 6.45) is 0. The summed E-state index contributed by atoms with van der Waals surface area (Å²) in [6.45, 7) is 1.27. The molecule has 2 rings (SSSR count). The molecule has 0 aliphatic carbocycles. The van der Waals surface area contributed by atoms with E-state index in [1.165, 1.54) is 0 Å². The van der Waals surface area contributed by atoms with Gasteiger partial charge in [0.05, 0.1) is 5.69 Å². The summed E-state index contributed by atoms with van der Waals surface area (Å²) >= 11 is 0. The van der Waals surface area contributed by atoms with Crippen LogP contribution in [0.1, 0.15) is 10.4 Å². The standard InChI is InChI=1S/C12H15N3O3/c1-13-4-5-14-12(17)8-2-3-10-9(6-8)15-11(16)7-18-10/h2-3,6,13H,4-5,7H2,1H3,(H,14,17)(H,15,16). The van der Waals surface area contributed by atoms with Gasteiger partial charge >= 0.3 is 0 Å². The van der Waals surface area contributed by atoms with Crippen LogP contribution < -0.4 is 20.7 Å². The number of ether oxygens (including phenoxy) is 1. The molecule has 1 aliphatic heterocycles. The fraction of sp³-hybridized carbons (Fsp3) is 0.333. The minimum absolute atomic E-state index is 0.0146. The SMILES string of the molecule is CNCCNC(=O)c1ccc2c(c1)NC(=O)CO2. The van der Waals surface area contributed by atoms with E-state index in [9.17, 15) is 9.59 Å². The van der Waals surface area contributed by atoms with Gasteiger partial charge in [0.25, 0.3) is 11.8 Å². The zero-order chi connectivity index (χ0) is 13.0. The summed E-state index contributed by atoms with van der Waals surface area (Å²) in [5.74, 6) is 0.199. The summed E-state index contributed by atoms with van der Waals surface area (Å²) in [6, 6.07) is 4.97. The van der Waals surface area contributed by atoms with E-state index in [1.54, 1.807) is 18.2 Å². The molecule has 0 fully saturated rings. The van der Waals surface area contributed by atoms with Crippen LogP contribution in [-0.2, 0) is 4.79 Å². The van der Waals surface area contributed by atoms with E-state index in [2.05, 4.69) is 16.0 Å². The summed E-state index contributed by atoms with van der Waals surface area (Å²) in [5, 5.41) is 8.37. The van der Waals surface area contributed by atoms with E-state index in [1.807, 2.05) is 7.05 Å². The van der Waals surface area contributed by atoms with Gasteiger partial charge in [0.2, 0.25) is 0 Å². The maximum Gasteiger partial charge on any atom is 0.262 e. The predicted octanol–water partition coefficient (Wildman–Crippen LogP) is -0.0333. The van der Waals surface area contributed by atoms with Gasteiger partial charge in [-0.1, -0.05) is 0 Å². The fourth-order valence-electron chi connectivity index (χ4n) is 1.63. The van der Waals surface area contributed by atoms with Gasteiger partial charge in [-0.2, -0.15) is 0 Å². The first kappa shape index (κ1) is 12.4. The number of anilines is 1. The third kappa shape index (κ3) is 2.78. The summed E-state index contributed by atoms with van der Waals surface area (Å²) < 4.78 is 5.22. The smallest absolute Gasteiger partial charge is 0.262 e. The van der Waals surface area contributed by atoms with Crippen molar-refractivity contribution < 1.29 is 14.3 Å². The van der Waals surface area contributed by atoms with Crippen molar-refractivity contribution in [1.82, 2.24) is 10.6 Å². The van der Waals surface area contributed by atoms with Crippen LogP contribution in [0, 0.1) is 0 Å². The zero-order valence-corrected chi connectivity index (χ0v) is 10.1. The van der Waals surface area contributed by atoms with Crippen molar-refractivity contribution in [3.8, 4) is 5.75 Å².